The first-order chi connectivity index (χ1) is 12.6. The molecule has 0 saturated carbocycles. The van der Waals surface area contributed by atoms with Crippen LogP contribution in [0.15, 0.2) is 59.5 Å². The number of sulfonamides is 1. The highest BCUT2D eigenvalue weighted by molar-refractivity contribution is 7.89. The van der Waals surface area contributed by atoms with E-state index >= 15 is 0 Å². The third kappa shape index (κ3) is 4.72. The van der Waals surface area contributed by atoms with Gasteiger partial charge in [0.15, 0.2) is 0 Å². The van der Waals surface area contributed by atoms with E-state index in [-0.39, 0.29) is 0 Å². The zero-order chi connectivity index (χ0) is 18.4. The fourth-order valence-corrected chi connectivity index (χ4v) is 4.81. The Morgan fingerprint density at radius 3 is 2.04 bits per heavy atom. The molecule has 0 aliphatic carbocycles. The van der Waals surface area contributed by atoms with Gasteiger partial charge in [0.2, 0.25) is 10.0 Å². The van der Waals surface area contributed by atoms with Gasteiger partial charge in [0, 0.05) is 32.7 Å². The van der Waals surface area contributed by atoms with Gasteiger partial charge in [-0.1, -0.05) is 55.8 Å². The van der Waals surface area contributed by atoms with Crippen molar-refractivity contribution < 1.29 is 8.42 Å². The first kappa shape index (κ1) is 19.1. The zero-order valence-electron chi connectivity index (χ0n) is 15.5. The molecule has 2 aromatic carbocycles. The van der Waals surface area contributed by atoms with Gasteiger partial charge in [0.25, 0.3) is 0 Å². The fourth-order valence-electron chi connectivity index (χ4n) is 3.39. The van der Waals surface area contributed by atoms with Gasteiger partial charge < -0.3 is 4.90 Å². The molecular formula is C21H28N2O2S. The number of rotatable bonds is 7. The SMILES string of the molecule is CCCc1ccc(S(=O)(=O)N2CCN(CCc3ccccc3)CC2)cc1. The summed E-state index contributed by atoms with van der Waals surface area (Å²) in [5.74, 6) is 0. The quantitative estimate of drug-likeness (QED) is 0.749. The van der Waals surface area contributed by atoms with Crippen LogP contribution in [-0.2, 0) is 22.9 Å². The van der Waals surface area contributed by atoms with E-state index in [2.05, 4.69) is 36.1 Å². The summed E-state index contributed by atoms with van der Waals surface area (Å²) in [4.78, 5) is 2.76. The molecule has 140 valence electrons. The van der Waals surface area contributed by atoms with Gasteiger partial charge in [-0.2, -0.15) is 4.31 Å². The number of piperazine rings is 1. The Bertz CT molecular complexity index is 781. The first-order valence-electron chi connectivity index (χ1n) is 9.45. The number of aryl methyl sites for hydroxylation is 1. The highest BCUT2D eigenvalue weighted by Gasteiger charge is 2.28. The Labute approximate surface area is 157 Å². The van der Waals surface area contributed by atoms with E-state index in [4.69, 9.17) is 0 Å². The second-order valence-corrected chi connectivity index (χ2v) is 8.81. The largest absolute Gasteiger partial charge is 0.300 e. The van der Waals surface area contributed by atoms with Crippen molar-refractivity contribution in [2.24, 2.45) is 0 Å². The number of benzene rings is 2. The van der Waals surface area contributed by atoms with Crippen molar-refractivity contribution in [3.63, 3.8) is 0 Å². The molecule has 1 aliphatic rings. The van der Waals surface area contributed by atoms with Crippen molar-refractivity contribution in [3.05, 3.63) is 65.7 Å². The maximum absolute atomic E-state index is 12.8. The Morgan fingerprint density at radius 2 is 1.42 bits per heavy atom. The molecule has 1 saturated heterocycles. The van der Waals surface area contributed by atoms with Gasteiger partial charge in [-0.05, 0) is 36.1 Å². The summed E-state index contributed by atoms with van der Waals surface area (Å²) in [6.45, 7) is 5.81. The van der Waals surface area contributed by atoms with Crippen LogP contribution in [0.5, 0.6) is 0 Å². The Balaban J connectivity index is 1.54. The van der Waals surface area contributed by atoms with Gasteiger partial charge in [-0.25, -0.2) is 8.42 Å². The van der Waals surface area contributed by atoms with Crippen LogP contribution in [0.25, 0.3) is 0 Å². The van der Waals surface area contributed by atoms with E-state index in [0.717, 1.165) is 38.9 Å². The second kappa shape index (κ2) is 8.80. The van der Waals surface area contributed by atoms with Crippen LogP contribution in [-0.4, -0.2) is 50.3 Å². The average molecular weight is 373 g/mol. The molecule has 0 unspecified atom stereocenters. The molecule has 0 bridgehead atoms. The van der Waals surface area contributed by atoms with Gasteiger partial charge in [-0.3, -0.25) is 0 Å². The minimum atomic E-state index is -3.38. The summed E-state index contributed by atoms with van der Waals surface area (Å²) in [5, 5.41) is 0. The van der Waals surface area contributed by atoms with Gasteiger partial charge >= 0.3 is 0 Å². The summed E-state index contributed by atoms with van der Waals surface area (Å²) < 4.78 is 27.3. The molecule has 0 amide bonds. The van der Waals surface area contributed by atoms with Crippen LogP contribution in [0.1, 0.15) is 24.5 Å². The first-order valence-corrected chi connectivity index (χ1v) is 10.9. The van der Waals surface area contributed by atoms with Crippen molar-refractivity contribution in [1.82, 2.24) is 9.21 Å². The van der Waals surface area contributed by atoms with E-state index in [1.807, 2.05) is 18.2 Å². The minimum absolute atomic E-state index is 0.412. The fraction of sp³-hybridized carbons (Fsp3) is 0.429. The average Bonchev–Trinajstić information content (AvgIpc) is 2.68. The molecule has 0 spiro atoms. The molecule has 0 N–H and O–H groups in total. The highest BCUT2D eigenvalue weighted by Crippen LogP contribution is 2.19. The topological polar surface area (TPSA) is 40.6 Å². The lowest BCUT2D eigenvalue weighted by Crippen LogP contribution is -2.48. The predicted molar refractivity (Wildman–Crippen MR) is 106 cm³/mol. The molecular weight excluding hydrogens is 344 g/mol. The van der Waals surface area contributed by atoms with E-state index in [1.54, 1.807) is 16.4 Å². The van der Waals surface area contributed by atoms with Crippen LogP contribution in [0, 0.1) is 0 Å². The van der Waals surface area contributed by atoms with Crippen molar-refractivity contribution >= 4 is 10.0 Å². The van der Waals surface area contributed by atoms with E-state index in [1.165, 1.54) is 11.1 Å². The summed E-state index contributed by atoms with van der Waals surface area (Å²) >= 11 is 0. The third-order valence-corrected chi connectivity index (χ3v) is 6.90. The smallest absolute Gasteiger partial charge is 0.243 e. The molecule has 26 heavy (non-hydrogen) atoms. The number of hydrogen-bond donors (Lipinski definition) is 0. The van der Waals surface area contributed by atoms with Crippen molar-refractivity contribution in [1.29, 1.82) is 0 Å². The van der Waals surface area contributed by atoms with Crippen LogP contribution in [0.3, 0.4) is 0 Å². The highest BCUT2D eigenvalue weighted by atomic mass is 32.2. The second-order valence-electron chi connectivity index (χ2n) is 6.88. The molecule has 4 nitrogen and oxygen atoms in total. The molecule has 0 aromatic heterocycles. The maximum atomic E-state index is 12.8. The van der Waals surface area contributed by atoms with Gasteiger partial charge in [0.05, 0.1) is 4.90 Å². The van der Waals surface area contributed by atoms with Gasteiger partial charge in [-0.15, -0.1) is 0 Å². The molecule has 1 heterocycles. The van der Waals surface area contributed by atoms with E-state index in [0.29, 0.717) is 18.0 Å². The Hall–Kier alpha value is -1.69. The molecule has 3 rings (SSSR count). The monoisotopic (exact) mass is 372 g/mol. The van der Waals surface area contributed by atoms with Gasteiger partial charge in [0.1, 0.15) is 0 Å². The summed E-state index contributed by atoms with van der Waals surface area (Å²) in [5.41, 5.74) is 2.52. The van der Waals surface area contributed by atoms with Crippen molar-refractivity contribution in [2.45, 2.75) is 31.1 Å². The molecule has 1 aliphatic heterocycles. The molecule has 0 radical (unpaired) electrons. The number of hydrogen-bond acceptors (Lipinski definition) is 3. The maximum Gasteiger partial charge on any atom is 0.243 e. The normalized spacial score (nSPS) is 16.7. The molecule has 1 fully saturated rings. The third-order valence-electron chi connectivity index (χ3n) is 4.99. The van der Waals surface area contributed by atoms with Crippen LogP contribution in [0.2, 0.25) is 0 Å². The zero-order valence-corrected chi connectivity index (χ0v) is 16.3. The summed E-state index contributed by atoms with van der Waals surface area (Å²) in [6.07, 6.45) is 3.06. The van der Waals surface area contributed by atoms with Crippen LogP contribution >= 0.6 is 0 Å². The minimum Gasteiger partial charge on any atom is -0.300 e. The van der Waals surface area contributed by atoms with E-state index in [9.17, 15) is 8.42 Å². The van der Waals surface area contributed by atoms with Crippen molar-refractivity contribution in [3.8, 4) is 0 Å². The summed E-state index contributed by atoms with van der Waals surface area (Å²) in [7, 11) is -3.38. The van der Waals surface area contributed by atoms with E-state index < -0.39 is 10.0 Å². The molecule has 0 atom stereocenters. The molecule has 2 aromatic rings. The lowest BCUT2D eigenvalue weighted by atomic mass is 10.1. The molecule has 5 heteroatoms. The van der Waals surface area contributed by atoms with Crippen LogP contribution < -0.4 is 0 Å². The number of nitrogens with zero attached hydrogens (tertiary/aromatic N) is 2. The standard InChI is InChI=1S/C21H28N2O2S/c1-2-6-19-9-11-21(12-10-19)26(24,25)23-17-15-22(16-18-23)14-13-20-7-4-3-5-8-20/h3-5,7-12H,2,6,13-18H2,1H3. The lowest BCUT2D eigenvalue weighted by molar-refractivity contribution is 0.190. The lowest BCUT2D eigenvalue weighted by Gasteiger charge is -2.34. The van der Waals surface area contributed by atoms with Crippen molar-refractivity contribution in [2.75, 3.05) is 32.7 Å². The predicted octanol–water partition coefficient (Wildman–Crippen LogP) is 3.19. The summed E-state index contributed by atoms with van der Waals surface area (Å²) in [6, 6.07) is 17.8. The Kier molecular flexibility index (Phi) is 6.46. The van der Waals surface area contributed by atoms with Crippen LogP contribution in [0.4, 0.5) is 0 Å². The Morgan fingerprint density at radius 1 is 0.808 bits per heavy atom.